The molecule has 0 aliphatic heterocycles. The zero-order valence-corrected chi connectivity index (χ0v) is 37.3. The second kappa shape index (κ2) is 225000. The highest BCUT2D eigenvalue weighted by Gasteiger charge is -0.0159. The molecular formula is C52H376N56. The van der Waals surface area contributed by atoms with Gasteiger partial charge in [0.05, 0.1) is 0 Å². The number of hydrogen-bond acceptors (Lipinski definition) is 56. The molecule has 0 aliphatic carbocycles. The van der Waals surface area contributed by atoms with E-state index in [9.17, 15) is 0 Å². The molecule has 0 unspecified atom stereocenters. The van der Waals surface area contributed by atoms with Crippen molar-refractivity contribution in [3.8, 4) is 0 Å². The summed E-state index contributed by atoms with van der Waals surface area (Å²) in [5.74, 6) is 0. The first-order valence-electron chi connectivity index (χ1n) is 37.3. The van der Waals surface area contributed by atoms with Crippen LogP contribution in [0.25, 0.3) is 0 Å². The lowest BCUT2D eigenvalue weighted by Crippen LogP contribution is -0.482. The summed E-state index contributed by atoms with van der Waals surface area (Å²) >= 11 is 0. The monoisotopic (exact) mass is 1860 g/mol. The molecule has 0 bridgehead atoms. The quantitative estimate of drug-likeness (QED) is 0.107. The van der Waals surface area contributed by atoms with E-state index >= 15 is 0 Å². The maximum atomic E-state index is 5.75. The molecule has 0 saturated carbocycles. The first-order valence-corrected chi connectivity index (χ1v) is 0. The fourth-order valence-electron chi connectivity index (χ4n) is 0. The maximum Gasteiger partial charge on any atom is 0.115 e. The van der Waals surface area contributed by atoms with Crippen LogP contribution in [0.15, 0.2) is 0 Å². The third-order valence-corrected chi connectivity index (χ3v) is 0. The van der Waals surface area contributed by atoms with Gasteiger partial charge in [0.2, 0.25) is 0 Å². The summed E-state index contributed by atoms with van der Waals surface area (Å²) in [6, 6.07) is 0. The molecule has 108 heavy (non-hydrogen) atoms. The summed E-state index contributed by atoms with van der Waals surface area (Å²) in [5.41, 5.74) is 0. The Bertz CT molecular complexity index is 267. The molecule has 0 aromatic rings. The van der Waals surface area contributed by atoms with Crippen LogP contribution in [0.2, 0.25) is 79.1 Å². The van der Waals surface area contributed by atoms with Gasteiger partial charge in [0.1, 0.15) is 79.1 Å². The lowest BCUT2D eigenvalue weighted by atomic mass is 12.0. The van der Waals surface area contributed by atoms with E-state index in [1.165, 1.54) is 37.0 Å². The first kappa shape index (κ1) is 336. The van der Waals surface area contributed by atoms with E-state index in [4.69, 9.17) is 85.9 Å². The third kappa shape index (κ3) is 218000. The topological polar surface area (TPSA) is 1960 Å². The van der Waals surface area contributed by atoms with Gasteiger partial charge in [-0.1, -0.05) is 386 Å². The standard InChI is InChI=1S/52CH4.56H3N/h52*1H4;56*1H3/i5*1T;;;;;;;;;;;;;;;;;;;;;;;;;;;;;;;;;;;;;;;;;;;;;;;;;;;;;;;;;;;;;;;;;;;;;;;;;;;;;;;;;;;;;;;;;;;;;;;;;;;;;;;/hT4D52. The smallest absolute Gasteiger partial charge is 0.115 e. The minimum atomic E-state index is 0. The molecule has 0 amide bonds. The van der Waals surface area contributed by atoms with Gasteiger partial charge in [-0.05, 0) is 0 Å². The molecule has 168 N–H and O–H groups in total. The molecule has 56 nitrogen and oxygen atoms in total. The summed E-state index contributed by atoms with van der Waals surface area (Å²) in [7, 11) is 6.25. The Morgan fingerprint density at radius 3 is 0.0648 bits per heavy atom. The Morgan fingerprint density at radius 2 is 0.0648 bits per heavy atom. The molecule has 0 aliphatic rings. The van der Waals surface area contributed by atoms with Gasteiger partial charge in [-0.2, -0.15) is 0 Å². The summed E-state index contributed by atoms with van der Waals surface area (Å²) in [4.78, 5) is 0. The van der Waals surface area contributed by atoms with Crippen LogP contribution in [0.1, 0.15) is 393 Å². The summed E-state index contributed by atoms with van der Waals surface area (Å²) < 4.78 is 323. The van der Waals surface area contributed by atoms with Crippen LogP contribution in [0.5, 0.6) is 0 Å². The second-order valence-corrected chi connectivity index (χ2v) is 0. The number of rotatable bonds is 0. The van der Waals surface area contributed by atoms with Crippen LogP contribution in [0.3, 0.4) is 0 Å². The summed E-state index contributed by atoms with van der Waals surface area (Å²) in [6.45, 7) is 0. The van der Waals surface area contributed by atoms with E-state index in [-0.39, 0.29) is 349 Å². The molecule has 0 spiro atoms. The highest BCUT2D eigenvalue weighted by molar-refractivity contribution is 2.56. The molecule has 0 atom stereocenters. The Morgan fingerprint density at radius 1 is 0.0648 bits per heavy atom. The van der Waals surface area contributed by atoms with Gasteiger partial charge in [-0.3, -0.25) is 0 Å². The maximum absolute atomic E-state index is 5.75. The fourth-order valence-corrected chi connectivity index (χ4v) is 0. The minimum Gasteiger partial charge on any atom is -0.344 e. The highest BCUT2D eigenvalue weighted by atomic mass is 14.1. The lowest BCUT2D eigenvalue weighted by Gasteiger charge is -0.345. The molecule has 0 heterocycles. The molecule has 0 saturated heterocycles. The second-order valence-electron chi connectivity index (χ2n) is 0. The predicted octanol–water partition coefficient (Wildman–Crippen LogP) is 42.1. The van der Waals surface area contributed by atoms with Crippen molar-refractivity contribution in [2.24, 2.45) is 0 Å². The van der Waals surface area contributed by atoms with Crippen LogP contribution in [0, 0.1) is 0 Å². The van der Waals surface area contributed by atoms with Crippen molar-refractivity contribution in [1.29, 1.82) is 0 Å². The zero-order chi connectivity index (χ0) is 122. The van der Waals surface area contributed by atoms with Crippen molar-refractivity contribution in [2.45, 2.75) is 386 Å². The van der Waals surface area contributed by atoms with Gasteiger partial charge in [0, 0.05) is 6.85 Å². The van der Waals surface area contributed by atoms with Crippen LogP contribution >= 0.6 is 0 Å². The molecule has 0 aromatic carbocycles. The van der Waals surface area contributed by atoms with Crippen LogP contribution in [0.4, 0.5) is 0 Å². The molecule has 864 valence electrons. The van der Waals surface area contributed by atoms with Gasteiger partial charge in [-0.25, -0.2) is 0 Å². The Kier molecular flexibility index (Phi) is 700000. The lowest BCUT2D eigenvalue weighted by molar-refractivity contribution is 2.13. The minimum absolute atomic E-state index is 0. The van der Waals surface area contributed by atoms with E-state index in [1.54, 1.807) is 0 Å². The van der Waals surface area contributed by atoms with Crippen molar-refractivity contribution >= 4 is 0 Å². The van der Waals surface area contributed by atoms with Crippen LogP contribution < -0.4 is 344 Å². The average molecular weight is 1860 g/mol. The fraction of sp³-hybridized carbons (Fsp3) is 1.00. The zero-order valence-electron chi connectivity index (χ0n) is 98.3. The van der Waals surface area contributed by atoms with Crippen LogP contribution in [-0.4, -0.2) is 0 Å². The van der Waals surface area contributed by atoms with Crippen molar-refractivity contribution in [3.63, 3.8) is 0 Å². The third-order valence-electron chi connectivity index (χ3n) is 0. The van der Waals surface area contributed by atoms with Crippen molar-refractivity contribution in [1.82, 2.24) is 344 Å². The van der Waals surface area contributed by atoms with E-state index in [1.807, 2.05) is 0 Å². The van der Waals surface area contributed by atoms with Crippen molar-refractivity contribution < 1.29 is 85.9 Å². The molecule has 0 aromatic heterocycles. The van der Waals surface area contributed by atoms with Gasteiger partial charge >= 0.3 is 0 Å². The van der Waals surface area contributed by atoms with E-state index < -0.39 is 0 Å². The normalized spacial score (nSPS) is 3.95. The molecule has 0 rings (SSSR count). The first-order chi connectivity index (χ1) is 61.0. The Labute approximate surface area is 817 Å². The van der Waals surface area contributed by atoms with Crippen molar-refractivity contribution in [2.75, 3.05) is 0 Å². The Hall–Kier alpha value is -2.24. The summed E-state index contributed by atoms with van der Waals surface area (Å²) in [6.07, 6.45) is 210. The number of hydrogen-bond donors (Lipinski definition) is 56. The van der Waals surface area contributed by atoms with Gasteiger partial charge in [-0.15, -0.1) is 0 Å². The Balaban J connectivity index is -0.00000000210. The van der Waals surface area contributed by atoms with Gasteiger partial charge in [0.15, 0.2) is 0 Å². The average Bonchev–Trinajstić information content (AvgIpc) is 4.01. The predicted molar refractivity (Wildman–Crippen MR) is 631 cm³/mol. The summed E-state index contributed by atoms with van der Waals surface area (Å²) in [5, 5.41) is 0. The molecule has 56 heteroatoms. The van der Waals surface area contributed by atoms with E-state index in [0.29, 0.717) is 0 Å². The highest BCUT2D eigenvalue weighted by Crippen LogP contribution is 0.200. The van der Waals surface area contributed by atoms with Gasteiger partial charge in [0.25, 0.3) is 0 Å². The molecular weight excluding hydrogens is 1410 g/mol. The van der Waals surface area contributed by atoms with E-state index in [0.717, 1.165) is 0 Å². The largest absolute Gasteiger partial charge is 0.344 e. The van der Waals surface area contributed by atoms with Crippen molar-refractivity contribution in [3.05, 3.63) is 0 Å². The van der Waals surface area contributed by atoms with E-state index in [2.05, 4.69) is 344 Å². The van der Waals surface area contributed by atoms with Crippen LogP contribution in [-0.2, 0) is 0 Å². The molecule has 0 fully saturated rings. The SMILES string of the molecule is C.C.C.C.C.C.C.C.C.C.C.C.C.C.C.C.C.C.C.C.C.C.C.C.C.C.C.C.C.C.C.C.C.C.C.C.C.C.C.C.C.C.C.C.C.C.C.[2H]N.[2H]N.[2H]N.[2H]N.[2H]N.[2H]N.[2H]N.[2H]N.[2H]N.[2H]N.[2H]N.[2H]N.[2H]N.[2H]N.[2H]N.[2H]N.[2H]N.[2H]N.[2H]N.[2H]N.[2H]N.[2H]N.[2H]N.[2H]N.[2H]N.[2H]N.[2H]N.[2H]N.[2H]N.[2H]N.[2H]N.[2H]N.[2H]N.[2H]N.[2H]N.[2H]N.[2H]N.[2H]N.[2H]N.[2H]N.[2H]N.[2H]N.[2H]N.[2H]N.[2H]N.[2H]N.[2H]N.[2H]N.[2H]N.[2H]N.[2H]N.[2H]N.[3H]C.[3H]C.[3H]C.[3H]C.[3H]C.[3H]N.[3H]N.[3H]N.[3H]N. The van der Waals surface area contributed by atoms with Gasteiger partial charge < -0.3 is 344 Å². The molecule has 0 radical (unpaired) electrons.